The van der Waals surface area contributed by atoms with Crippen LogP contribution in [0.5, 0.6) is 5.75 Å². The molecule has 0 bridgehead atoms. The summed E-state index contributed by atoms with van der Waals surface area (Å²) in [6, 6.07) is 14.4. The minimum atomic E-state index is -0.309. The first-order valence-electron chi connectivity index (χ1n) is 10.6. The van der Waals surface area contributed by atoms with Gasteiger partial charge in [-0.1, -0.05) is 24.3 Å². The molecular formula is C24H27N3O4. The second-order valence-electron chi connectivity index (χ2n) is 8.02. The molecule has 2 saturated heterocycles. The summed E-state index contributed by atoms with van der Waals surface area (Å²) in [6.07, 6.45) is 2.69. The van der Waals surface area contributed by atoms with Crippen molar-refractivity contribution >= 4 is 17.7 Å². The number of nitrogens with zero attached hydrogens (tertiary/aromatic N) is 2. The van der Waals surface area contributed by atoms with E-state index < -0.39 is 0 Å². The minimum absolute atomic E-state index is 0.0258. The van der Waals surface area contributed by atoms with Crippen LogP contribution in [0.4, 0.5) is 0 Å². The number of carbonyl (C=O) groups excluding carboxylic acids is 3. The van der Waals surface area contributed by atoms with Gasteiger partial charge in [-0.2, -0.15) is 0 Å². The van der Waals surface area contributed by atoms with E-state index in [1.165, 1.54) is 0 Å². The Morgan fingerprint density at radius 3 is 2.68 bits per heavy atom. The highest BCUT2D eigenvalue weighted by Crippen LogP contribution is 2.24. The first kappa shape index (κ1) is 20.9. The number of piperidine rings is 1. The van der Waals surface area contributed by atoms with E-state index in [0.29, 0.717) is 25.2 Å². The number of ether oxygens (including phenoxy) is 1. The minimum Gasteiger partial charge on any atom is -0.497 e. The van der Waals surface area contributed by atoms with Crippen molar-refractivity contribution in [1.29, 1.82) is 0 Å². The monoisotopic (exact) mass is 421 g/mol. The molecule has 0 spiro atoms. The summed E-state index contributed by atoms with van der Waals surface area (Å²) < 4.78 is 5.20. The molecule has 0 saturated carbocycles. The standard InChI is InChI=1S/C24H27N3O4/c1-31-20-6-4-5-18(13-20)14-25-23(29)19-10-8-17(9-11-19)15-26-16-22(28)27-12-3-2-7-21(27)24(26)30/h4-6,8-11,13,21H,2-3,7,12,14-16H2,1H3,(H,25,29)/t21-/m1/s1. The molecule has 2 aromatic rings. The fourth-order valence-electron chi connectivity index (χ4n) is 4.21. The van der Waals surface area contributed by atoms with Crippen molar-refractivity contribution in [3.8, 4) is 5.75 Å². The molecule has 2 fully saturated rings. The number of rotatable bonds is 6. The van der Waals surface area contributed by atoms with Crippen LogP contribution in [0.1, 0.15) is 40.7 Å². The highest BCUT2D eigenvalue weighted by Gasteiger charge is 2.40. The number of hydrogen-bond donors (Lipinski definition) is 1. The first-order valence-corrected chi connectivity index (χ1v) is 10.6. The third-order valence-corrected chi connectivity index (χ3v) is 5.92. The highest BCUT2D eigenvalue weighted by molar-refractivity contribution is 5.95. The van der Waals surface area contributed by atoms with Crippen LogP contribution in [0.25, 0.3) is 0 Å². The first-order chi connectivity index (χ1) is 15.0. The summed E-state index contributed by atoms with van der Waals surface area (Å²) in [4.78, 5) is 41.1. The molecule has 1 N–H and O–H groups in total. The van der Waals surface area contributed by atoms with Gasteiger partial charge < -0.3 is 19.9 Å². The van der Waals surface area contributed by atoms with E-state index in [2.05, 4.69) is 5.32 Å². The smallest absolute Gasteiger partial charge is 0.251 e. The molecule has 0 aliphatic carbocycles. The summed E-state index contributed by atoms with van der Waals surface area (Å²) >= 11 is 0. The third-order valence-electron chi connectivity index (χ3n) is 5.92. The summed E-state index contributed by atoms with van der Waals surface area (Å²) in [5.74, 6) is 0.631. The van der Waals surface area contributed by atoms with Crippen molar-refractivity contribution < 1.29 is 19.1 Å². The molecule has 162 valence electrons. The van der Waals surface area contributed by atoms with Gasteiger partial charge in [0.05, 0.1) is 7.11 Å². The van der Waals surface area contributed by atoms with Crippen molar-refractivity contribution in [2.45, 2.75) is 38.4 Å². The van der Waals surface area contributed by atoms with Crippen molar-refractivity contribution in [3.05, 3.63) is 65.2 Å². The second-order valence-corrected chi connectivity index (χ2v) is 8.02. The molecule has 2 heterocycles. The van der Waals surface area contributed by atoms with Crippen LogP contribution in [-0.2, 0) is 22.7 Å². The normalized spacial score (nSPS) is 18.5. The summed E-state index contributed by atoms with van der Waals surface area (Å²) in [5.41, 5.74) is 2.40. The van der Waals surface area contributed by atoms with E-state index in [0.717, 1.165) is 36.1 Å². The largest absolute Gasteiger partial charge is 0.497 e. The molecule has 7 heteroatoms. The molecule has 2 aliphatic heterocycles. The van der Waals surface area contributed by atoms with Gasteiger partial charge in [-0.3, -0.25) is 14.4 Å². The van der Waals surface area contributed by atoms with Gasteiger partial charge in [0, 0.05) is 25.2 Å². The Balaban J connectivity index is 1.35. The number of benzene rings is 2. The van der Waals surface area contributed by atoms with Gasteiger partial charge in [0.2, 0.25) is 11.8 Å². The fourth-order valence-corrected chi connectivity index (χ4v) is 4.21. The molecule has 0 aromatic heterocycles. The zero-order valence-corrected chi connectivity index (χ0v) is 17.7. The van der Waals surface area contributed by atoms with E-state index in [1.807, 2.05) is 36.4 Å². The van der Waals surface area contributed by atoms with Gasteiger partial charge in [-0.05, 0) is 54.7 Å². The summed E-state index contributed by atoms with van der Waals surface area (Å²) in [7, 11) is 1.61. The fraction of sp³-hybridized carbons (Fsp3) is 0.375. The van der Waals surface area contributed by atoms with E-state index >= 15 is 0 Å². The van der Waals surface area contributed by atoms with Gasteiger partial charge in [0.1, 0.15) is 18.3 Å². The van der Waals surface area contributed by atoms with E-state index in [-0.39, 0.29) is 30.3 Å². The van der Waals surface area contributed by atoms with Gasteiger partial charge in [-0.25, -0.2) is 0 Å². The van der Waals surface area contributed by atoms with Crippen molar-refractivity contribution in [2.75, 3.05) is 20.2 Å². The number of amides is 3. The van der Waals surface area contributed by atoms with Crippen LogP contribution in [0.15, 0.2) is 48.5 Å². The molecular weight excluding hydrogens is 394 g/mol. The predicted molar refractivity (Wildman–Crippen MR) is 115 cm³/mol. The van der Waals surface area contributed by atoms with Gasteiger partial charge in [0.15, 0.2) is 0 Å². The maximum atomic E-state index is 12.8. The Morgan fingerprint density at radius 1 is 1.10 bits per heavy atom. The molecule has 1 atom stereocenters. The lowest BCUT2D eigenvalue weighted by atomic mass is 9.98. The predicted octanol–water partition coefficient (Wildman–Crippen LogP) is 2.35. The maximum Gasteiger partial charge on any atom is 0.251 e. The third kappa shape index (κ3) is 4.71. The van der Waals surface area contributed by atoms with Crippen molar-refractivity contribution in [2.24, 2.45) is 0 Å². The topological polar surface area (TPSA) is 79.0 Å². The molecule has 2 aliphatic rings. The van der Waals surface area contributed by atoms with Crippen molar-refractivity contribution in [3.63, 3.8) is 0 Å². The molecule has 0 radical (unpaired) electrons. The van der Waals surface area contributed by atoms with Crippen LogP contribution in [0, 0.1) is 0 Å². The van der Waals surface area contributed by atoms with E-state index in [9.17, 15) is 14.4 Å². The van der Waals surface area contributed by atoms with Crippen LogP contribution in [0.2, 0.25) is 0 Å². The lowest BCUT2D eigenvalue weighted by Gasteiger charge is -2.42. The second kappa shape index (κ2) is 9.20. The summed E-state index contributed by atoms with van der Waals surface area (Å²) in [6.45, 7) is 1.58. The number of methoxy groups -OCH3 is 1. The van der Waals surface area contributed by atoms with E-state index in [1.54, 1.807) is 29.0 Å². The lowest BCUT2D eigenvalue weighted by molar-refractivity contribution is -0.158. The van der Waals surface area contributed by atoms with E-state index in [4.69, 9.17) is 4.74 Å². The van der Waals surface area contributed by atoms with Crippen LogP contribution >= 0.6 is 0 Å². The number of nitrogens with one attached hydrogen (secondary N) is 1. The molecule has 0 unspecified atom stereocenters. The molecule has 31 heavy (non-hydrogen) atoms. The average Bonchev–Trinajstić information content (AvgIpc) is 2.81. The summed E-state index contributed by atoms with van der Waals surface area (Å²) in [5, 5.41) is 2.90. The Morgan fingerprint density at radius 2 is 1.90 bits per heavy atom. The van der Waals surface area contributed by atoms with Gasteiger partial charge in [-0.15, -0.1) is 0 Å². The average molecular weight is 421 g/mol. The van der Waals surface area contributed by atoms with Crippen LogP contribution in [0.3, 0.4) is 0 Å². The SMILES string of the molecule is COc1cccc(CNC(=O)c2ccc(CN3CC(=O)N4CCCC[C@@H]4C3=O)cc2)c1. The Bertz CT molecular complexity index is 973. The number of piperazine rings is 1. The van der Waals surface area contributed by atoms with Crippen LogP contribution < -0.4 is 10.1 Å². The Labute approximate surface area is 182 Å². The number of carbonyl (C=O) groups is 3. The lowest BCUT2D eigenvalue weighted by Crippen LogP contribution is -2.60. The molecule has 4 rings (SSSR count). The van der Waals surface area contributed by atoms with Gasteiger partial charge in [0.25, 0.3) is 5.91 Å². The molecule has 2 aromatic carbocycles. The molecule has 3 amide bonds. The van der Waals surface area contributed by atoms with Crippen molar-refractivity contribution in [1.82, 2.24) is 15.1 Å². The highest BCUT2D eigenvalue weighted by atomic mass is 16.5. The molecule has 7 nitrogen and oxygen atoms in total. The maximum absolute atomic E-state index is 12.8. The number of fused-ring (bicyclic) bond motifs is 1. The zero-order valence-electron chi connectivity index (χ0n) is 17.7. The Hall–Kier alpha value is -3.35. The Kier molecular flexibility index (Phi) is 6.21. The van der Waals surface area contributed by atoms with Crippen LogP contribution in [-0.4, -0.2) is 53.8 Å². The number of hydrogen-bond acceptors (Lipinski definition) is 4. The zero-order chi connectivity index (χ0) is 21.8. The quantitative estimate of drug-likeness (QED) is 0.777. The van der Waals surface area contributed by atoms with Gasteiger partial charge >= 0.3 is 0 Å².